The van der Waals surface area contributed by atoms with Gasteiger partial charge >= 0.3 is 5.76 Å². The van der Waals surface area contributed by atoms with Gasteiger partial charge in [0.25, 0.3) is 0 Å². The topological polar surface area (TPSA) is 68.1 Å². The van der Waals surface area contributed by atoms with Crippen LogP contribution in [0.25, 0.3) is 21.7 Å². The van der Waals surface area contributed by atoms with Gasteiger partial charge in [-0.25, -0.2) is 9.78 Å². The van der Waals surface area contributed by atoms with Crippen molar-refractivity contribution in [2.75, 3.05) is 7.11 Å². The van der Waals surface area contributed by atoms with Crippen LogP contribution in [0, 0.1) is 6.92 Å². The molecule has 0 saturated heterocycles. The number of oxazole rings is 1. The Morgan fingerprint density at radius 2 is 2.28 bits per heavy atom. The lowest BCUT2D eigenvalue weighted by Crippen LogP contribution is -1.92. The number of thiazole rings is 1. The zero-order valence-electron chi connectivity index (χ0n) is 9.81. The molecule has 0 fully saturated rings. The normalized spacial score (nSPS) is 11.0. The lowest BCUT2D eigenvalue weighted by Gasteiger charge is -1.94. The zero-order valence-corrected chi connectivity index (χ0v) is 10.6. The average molecular weight is 262 g/mol. The minimum absolute atomic E-state index is 0.449. The average Bonchev–Trinajstić information content (AvgIpc) is 2.89. The highest BCUT2D eigenvalue weighted by molar-refractivity contribution is 7.17. The molecule has 0 aliphatic rings. The second-order valence-corrected chi connectivity index (χ2v) is 4.78. The second kappa shape index (κ2) is 3.99. The van der Waals surface area contributed by atoms with Gasteiger partial charge in [0.1, 0.15) is 5.01 Å². The third-order valence-electron chi connectivity index (χ3n) is 2.61. The molecule has 0 amide bonds. The number of aromatic amines is 1. The Morgan fingerprint density at radius 3 is 3.00 bits per heavy atom. The molecular formula is C12H10N2O3S. The Hall–Kier alpha value is -2.08. The number of H-pyrrole nitrogens is 1. The first-order valence-corrected chi connectivity index (χ1v) is 6.13. The Bertz CT molecular complexity index is 769. The van der Waals surface area contributed by atoms with E-state index in [-0.39, 0.29) is 0 Å². The molecule has 2 heterocycles. The number of hydrogen-bond donors (Lipinski definition) is 1. The fourth-order valence-electron chi connectivity index (χ4n) is 1.78. The maximum absolute atomic E-state index is 11.1. The number of benzene rings is 1. The number of fused-ring (bicyclic) bond motifs is 1. The van der Waals surface area contributed by atoms with Crippen LogP contribution in [-0.2, 0) is 0 Å². The molecule has 1 aromatic carbocycles. The summed E-state index contributed by atoms with van der Waals surface area (Å²) in [6, 6.07) is 5.47. The van der Waals surface area contributed by atoms with Crippen molar-refractivity contribution in [3.8, 4) is 15.6 Å². The molecule has 0 aliphatic carbocycles. The van der Waals surface area contributed by atoms with Crippen LogP contribution in [0.15, 0.2) is 27.4 Å². The fourth-order valence-corrected chi connectivity index (χ4v) is 2.66. The van der Waals surface area contributed by atoms with Crippen molar-refractivity contribution in [2.24, 2.45) is 0 Å². The van der Waals surface area contributed by atoms with E-state index in [9.17, 15) is 4.79 Å². The van der Waals surface area contributed by atoms with Gasteiger partial charge in [0, 0.05) is 5.56 Å². The maximum Gasteiger partial charge on any atom is 0.417 e. The first-order chi connectivity index (χ1) is 8.67. The lowest BCUT2D eigenvalue weighted by atomic mass is 10.2. The van der Waals surface area contributed by atoms with Crippen LogP contribution in [-0.4, -0.2) is 17.1 Å². The van der Waals surface area contributed by atoms with Crippen LogP contribution < -0.4 is 10.5 Å². The van der Waals surface area contributed by atoms with Gasteiger partial charge in [-0.2, -0.15) is 0 Å². The van der Waals surface area contributed by atoms with Gasteiger partial charge in [-0.1, -0.05) is 11.3 Å². The molecule has 3 aromatic rings. The lowest BCUT2D eigenvalue weighted by molar-refractivity contribution is 0.423. The van der Waals surface area contributed by atoms with E-state index in [1.807, 2.05) is 19.1 Å². The molecule has 1 N–H and O–H groups in total. The van der Waals surface area contributed by atoms with E-state index in [4.69, 9.17) is 9.15 Å². The van der Waals surface area contributed by atoms with Gasteiger partial charge in [-0.15, -0.1) is 0 Å². The predicted molar refractivity (Wildman–Crippen MR) is 69.2 cm³/mol. The van der Waals surface area contributed by atoms with Gasteiger partial charge in [-0.05, 0) is 25.1 Å². The van der Waals surface area contributed by atoms with Crippen LogP contribution in [0.4, 0.5) is 0 Å². The highest BCUT2D eigenvalue weighted by Gasteiger charge is 2.11. The van der Waals surface area contributed by atoms with Gasteiger partial charge in [-0.3, -0.25) is 4.98 Å². The summed E-state index contributed by atoms with van der Waals surface area (Å²) in [5, 5.41) is 1.65. The summed E-state index contributed by atoms with van der Waals surface area (Å²) in [6.45, 7) is 1.90. The summed E-state index contributed by atoms with van der Waals surface area (Å²) in [5.74, 6) is -0.449. The molecule has 0 bridgehead atoms. The minimum Gasteiger partial charge on any atom is -0.486 e. The quantitative estimate of drug-likeness (QED) is 0.770. The first-order valence-electron chi connectivity index (χ1n) is 5.32. The van der Waals surface area contributed by atoms with E-state index in [2.05, 4.69) is 9.97 Å². The second-order valence-electron chi connectivity index (χ2n) is 3.82. The third kappa shape index (κ3) is 1.70. The molecule has 92 valence electrons. The maximum atomic E-state index is 11.1. The number of nitrogens with zero attached hydrogens (tertiary/aromatic N) is 1. The van der Waals surface area contributed by atoms with Crippen LogP contribution in [0.3, 0.4) is 0 Å². The van der Waals surface area contributed by atoms with Gasteiger partial charge < -0.3 is 9.15 Å². The fraction of sp³-hybridized carbons (Fsp3) is 0.167. The van der Waals surface area contributed by atoms with Gasteiger partial charge in [0.15, 0.2) is 10.6 Å². The monoisotopic (exact) mass is 262 g/mol. The van der Waals surface area contributed by atoms with E-state index >= 15 is 0 Å². The van der Waals surface area contributed by atoms with Crippen molar-refractivity contribution < 1.29 is 9.15 Å². The van der Waals surface area contributed by atoms with Gasteiger partial charge in [0.2, 0.25) is 0 Å². The highest BCUT2D eigenvalue weighted by Crippen LogP contribution is 2.34. The number of rotatable bonds is 2. The van der Waals surface area contributed by atoms with E-state index in [1.54, 1.807) is 13.2 Å². The van der Waals surface area contributed by atoms with E-state index in [0.29, 0.717) is 11.1 Å². The number of methoxy groups -OCH3 is 1. The Labute approximate surface area is 106 Å². The minimum atomic E-state index is -0.449. The van der Waals surface area contributed by atoms with E-state index < -0.39 is 5.76 Å². The molecule has 0 radical (unpaired) electrons. The molecule has 0 saturated carbocycles. The summed E-state index contributed by atoms with van der Waals surface area (Å²) in [4.78, 5) is 18.1. The molecule has 0 unspecified atom stereocenters. The summed E-state index contributed by atoms with van der Waals surface area (Å²) in [7, 11) is 1.63. The van der Waals surface area contributed by atoms with Gasteiger partial charge in [0.05, 0.1) is 18.3 Å². The molecule has 2 aromatic heterocycles. The summed E-state index contributed by atoms with van der Waals surface area (Å²) >= 11 is 1.47. The third-order valence-corrected chi connectivity index (χ3v) is 3.77. The number of nitrogens with one attached hydrogen (secondary N) is 1. The predicted octanol–water partition coefficient (Wildman–Crippen LogP) is 2.56. The smallest absolute Gasteiger partial charge is 0.417 e. The molecule has 0 atom stereocenters. The molecule has 0 spiro atoms. The van der Waals surface area contributed by atoms with Crippen molar-refractivity contribution >= 4 is 22.4 Å². The van der Waals surface area contributed by atoms with Crippen molar-refractivity contribution in [1.82, 2.24) is 9.97 Å². The van der Waals surface area contributed by atoms with Crippen LogP contribution in [0.2, 0.25) is 0 Å². The number of hydrogen-bond acceptors (Lipinski definition) is 5. The number of aryl methyl sites for hydroxylation is 1. The number of ether oxygens (including phenoxy) is 1. The molecular weight excluding hydrogens is 252 g/mol. The van der Waals surface area contributed by atoms with Crippen molar-refractivity contribution in [3.63, 3.8) is 0 Å². The standard InChI is InChI=1S/C12H10N2O3S/c1-6-11(16-2)18-10(13-6)7-3-4-9-8(5-7)14-12(15)17-9/h3-5H,1-2H3,(H,14,15). The van der Waals surface area contributed by atoms with E-state index in [0.717, 1.165) is 21.3 Å². The highest BCUT2D eigenvalue weighted by atomic mass is 32.1. The Kier molecular flexibility index (Phi) is 2.45. The molecule has 3 rings (SSSR count). The summed E-state index contributed by atoms with van der Waals surface area (Å²) in [6.07, 6.45) is 0. The van der Waals surface area contributed by atoms with Crippen molar-refractivity contribution in [1.29, 1.82) is 0 Å². The molecule has 6 heteroatoms. The van der Waals surface area contributed by atoms with Crippen LogP contribution >= 0.6 is 11.3 Å². The van der Waals surface area contributed by atoms with Crippen molar-refractivity contribution in [3.05, 3.63) is 34.4 Å². The Balaban J connectivity index is 2.15. The first kappa shape index (κ1) is 11.0. The SMILES string of the molecule is COc1sc(-c2ccc3oc(=O)[nH]c3c2)nc1C. The summed E-state index contributed by atoms with van der Waals surface area (Å²) in [5.41, 5.74) is 3.00. The van der Waals surface area contributed by atoms with E-state index in [1.165, 1.54) is 11.3 Å². The molecule has 0 aliphatic heterocycles. The van der Waals surface area contributed by atoms with Crippen molar-refractivity contribution in [2.45, 2.75) is 6.92 Å². The van der Waals surface area contributed by atoms with Crippen LogP contribution in [0.5, 0.6) is 5.06 Å². The summed E-state index contributed by atoms with van der Waals surface area (Å²) < 4.78 is 10.2. The largest absolute Gasteiger partial charge is 0.486 e. The number of aromatic nitrogens is 2. The van der Waals surface area contributed by atoms with Crippen LogP contribution in [0.1, 0.15) is 5.69 Å². The molecule has 5 nitrogen and oxygen atoms in total. The molecule has 18 heavy (non-hydrogen) atoms. The zero-order chi connectivity index (χ0) is 12.7. The Morgan fingerprint density at radius 1 is 1.44 bits per heavy atom.